The zero-order valence-corrected chi connectivity index (χ0v) is 32.6. The Hall–Kier alpha value is -5.16. The number of hydrogen-bond donors (Lipinski definition) is 1. The normalized spacial score (nSPS) is 37.4. The number of nitrogens with zero attached hydrogens (tertiary/aromatic N) is 4. The van der Waals surface area contributed by atoms with Crippen LogP contribution in [0.3, 0.4) is 0 Å². The molecule has 0 aromatic heterocycles. The van der Waals surface area contributed by atoms with Crippen LogP contribution in [0.1, 0.15) is 58.9 Å². The van der Waals surface area contributed by atoms with Gasteiger partial charge in [-0.1, -0.05) is 148 Å². The van der Waals surface area contributed by atoms with E-state index in [1.165, 1.54) is 28.2 Å². The van der Waals surface area contributed by atoms with E-state index in [2.05, 4.69) is 189 Å². The van der Waals surface area contributed by atoms with Crippen molar-refractivity contribution < 1.29 is 0 Å². The summed E-state index contributed by atoms with van der Waals surface area (Å²) < 4.78 is 0. The Morgan fingerprint density at radius 3 is 2.45 bits per heavy atom. The Labute approximate surface area is 327 Å². The fraction of sp³-hybridized carbons (Fsp3) is 0.360. The molecule has 278 valence electrons. The van der Waals surface area contributed by atoms with Crippen LogP contribution in [0.4, 0.5) is 11.4 Å². The summed E-state index contributed by atoms with van der Waals surface area (Å²) >= 11 is 0. The number of aliphatic imine (C=N–C) groups is 2. The molecule has 9 aliphatic rings. The maximum Gasteiger partial charge on any atom is 0.179 e. The second-order valence-corrected chi connectivity index (χ2v) is 17.1. The lowest BCUT2D eigenvalue weighted by Crippen LogP contribution is -2.47. The fourth-order valence-corrected chi connectivity index (χ4v) is 11.0. The van der Waals surface area contributed by atoms with Crippen molar-refractivity contribution in [2.75, 3.05) is 9.80 Å². The molecule has 5 nitrogen and oxygen atoms in total. The predicted molar refractivity (Wildman–Crippen MR) is 230 cm³/mol. The molecule has 5 heteroatoms. The number of anilines is 2. The topological polar surface area (TPSA) is 43.2 Å². The molecule has 10 atom stereocenters. The smallest absolute Gasteiger partial charge is 0.179 e. The molecule has 10 rings (SSSR count). The summed E-state index contributed by atoms with van der Waals surface area (Å²) in [7, 11) is 0. The number of nitrogens with one attached hydrogen (secondary N) is 1. The summed E-state index contributed by atoms with van der Waals surface area (Å²) in [5.41, 5.74) is 6.81. The summed E-state index contributed by atoms with van der Waals surface area (Å²) in [6, 6.07) is 7.92. The lowest BCUT2D eigenvalue weighted by atomic mass is 9.70. The minimum absolute atomic E-state index is 0.0493. The molecule has 0 spiro atoms. The molecule has 0 saturated carbocycles. The standard InChI is InChI=1S/C50H53N5/c1-5-34-19-7-9-21-37(34)48-51-47(36-20-8-6-18-33(36)2)52-50(4,53-48)41-32-35(54-42-25-13-10-22-38(42)39-23-11-14-26-43(39)54)29-30-45(41)55-44-27-15-12-24-40(44)49(3)31-17-16-28-46(49)55/h6-13,15-17,19-25,27-34,37-38,40,42,44,46H,5,14,18,26H2,1-4H3,(H,51,52,53). The van der Waals surface area contributed by atoms with E-state index in [-0.39, 0.29) is 29.5 Å². The SMILES string of the molecule is CCC1C=CC=CC1C1=NC(C)(c2cc(N3C4=C(C=CCC4)C4C=CC=CC43)ccc2N2C3C=CC=CC3C3(C)C=CC=CC23)N=C(C2=CC=CCC2C)N1. The van der Waals surface area contributed by atoms with Crippen molar-refractivity contribution in [3.05, 3.63) is 168 Å². The third-order valence-electron chi connectivity index (χ3n) is 13.9. The maximum atomic E-state index is 5.79. The lowest BCUT2D eigenvalue weighted by Gasteiger charge is -2.41. The Morgan fingerprint density at radius 1 is 0.818 bits per heavy atom. The second kappa shape index (κ2) is 13.3. The van der Waals surface area contributed by atoms with Crippen molar-refractivity contribution in [3.8, 4) is 0 Å². The van der Waals surface area contributed by atoms with E-state index in [4.69, 9.17) is 9.98 Å². The first-order valence-corrected chi connectivity index (χ1v) is 20.7. The summed E-state index contributed by atoms with van der Waals surface area (Å²) in [6.45, 7) is 9.33. The van der Waals surface area contributed by atoms with E-state index in [0.717, 1.165) is 42.9 Å². The highest BCUT2D eigenvalue weighted by Crippen LogP contribution is 2.55. The van der Waals surface area contributed by atoms with E-state index in [1.54, 1.807) is 0 Å². The Morgan fingerprint density at radius 2 is 1.60 bits per heavy atom. The minimum Gasteiger partial charge on any atom is -0.357 e. The van der Waals surface area contributed by atoms with Crippen LogP contribution in [0, 0.1) is 35.0 Å². The molecule has 1 fully saturated rings. The fourth-order valence-electron chi connectivity index (χ4n) is 11.0. The molecule has 3 heterocycles. The third kappa shape index (κ3) is 5.40. The Bertz CT molecular complexity index is 2230. The van der Waals surface area contributed by atoms with Gasteiger partial charge < -0.3 is 15.1 Å². The molecular formula is C50H53N5. The predicted octanol–water partition coefficient (Wildman–Crippen LogP) is 10.5. The first kappa shape index (κ1) is 34.3. The van der Waals surface area contributed by atoms with Crippen molar-refractivity contribution in [3.63, 3.8) is 0 Å². The number of benzene rings is 1. The van der Waals surface area contributed by atoms with Crippen LogP contribution in [0.15, 0.2) is 173 Å². The number of allylic oxidation sites excluding steroid dienone is 15. The van der Waals surface area contributed by atoms with E-state index in [0.29, 0.717) is 23.7 Å². The van der Waals surface area contributed by atoms with Gasteiger partial charge in [-0.05, 0) is 73.8 Å². The number of fused-ring (bicyclic) bond motifs is 5. The van der Waals surface area contributed by atoms with Gasteiger partial charge in [0, 0.05) is 45.8 Å². The van der Waals surface area contributed by atoms with Gasteiger partial charge in [-0.2, -0.15) is 0 Å². The highest BCUT2D eigenvalue weighted by Gasteiger charge is 2.55. The average molecular weight is 724 g/mol. The van der Waals surface area contributed by atoms with Gasteiger partial charge in [-0.15, -0.1) is 0 Å². The summed E-state index contributed by atoms with van der Waals surface area (Å²) in [4.78, 5) is 16.9. The quantitative estimate of drug-likeness (QED) is 0.318. The molecule has 0 radical (unpaired) electrons. The lowest BCUT2D eigenvalue weighted by molar-refractivity contribution is 0.343. The van der Waals surface area contributed by atoms with Gasteiger partial charge in [0.2, 0.25) is 0 Å². The third-order valence-corrected chi connectivity index (χ3v) is 13.9. The van der Waals surface area contributed by atoms with Crippen LogP contribution in [-0.4, -0.2) is 29.8 Å². The molecule has 1 aromatic rings. The van der Waals surface area contributed by atoms with Gasteiger partial charge in [0.15, 0.2) is 5.66 Å². The van der Waals surface area contributed by atoms with E-state index >= 15 is 0 Å². The summed E-state index contributed by atoms with van der Waals surface area (Å²) in [6.07, 6.45) is 52.7. The molecule has 1 aromatic carbocycles. The summed E-state index contributed by atoms with van der Waals surface area (Å²) in [5, 5.41) is 3.86. The van der Waals surface area contributed by atoms with Gasteiger partial charge in [0.05, 0.1) is 18.1 Å². The Kier molecular flexibility index (Phi) is 8.27. The average Bonchev–Trinajstić information content (AvgIpc) is 3.70. The second-order valence-electron chi connectivity index (χ2n) is 17.1. The zero-order valence-electron chi connectivity index (χ0n) is 32.6. The Balaban J connectivity index is 1.20. The van der Waals surface area contributed by atoms with Crippen LogP contribution < -0.4 is 15.1 Å². The number of amidine groups is 2. The van der Waals surface area contributed by atoms with Crippen molar-refractivity contribution in [1.29, 1.82) is 0 Å². The largest absolute Gasteiger partial charge is 0.357 e. The van der Waals surface area contributed by atoms with Gasteiger partial charge >= 0.3 is 0 Å². The van der Waals surface area contributed by atoms with Crippen LogP contribution in [0.2, 0.25) is 0 Å². The minimum atomic E-state index is -0.891. The molecule has 0 amide bonds. The van der Waals surface area contributed by atoms with Crippen LogP contribution >= 0.6 is 0 Å². The van der Waals surface area contributed by atoms with Gasteiger partial charge in [0.25, 0.3) is 0 Å². The molecule has 6 aliphatic carbocycles. The monoisotopic (exact) mass is 723 g/mol. The van der Waals surface area contributed by atoms with Crippen molar-refractivity contribution >= 4 is 23.0 Å². The maximum absolute atomic E-state index is 5.79. The molecule has 0 bridgehead atoms. The van der Waals surface area contributed by atoms with E-state index in [9.17, 15) is 0 Å². The van der Waals surface area contributed by atoms with Gasteiger partial charge in [-0.25, -0.2) is 9.98 Å². The van der Waals surface area contributed by atoms with E-state index < -0.39 is 5.66 Å². The molecular weight excluding hydrogens is 671 g/mol. The zero-order chi connectivity index (χ0) is 37.3. The number of hydrogen-bond acceptors (Lipinski definition) is 5. The van der Waals surface area contributed by atoms with Gasteiger partial charge in [-0.3, -0.25) is 0 Å². The first-order valence-electron chi connectivity index (χ1n) is 20.7. The molecule has 1 saturated heterocycles. The summed E-state index contributed by atoms with van der Waals surface area (Å²) in [5.74, 6) is 3.51. The number of rotatable bonds is 6. The van der Waals surface area contributed by atoms with Crippen LogP contribution in [-0.2, 0) is 5.66 Å². The van der Waals surface area contributed by atoms with E-state index in [1.807, 2.05) is 0 Å². The molecule has 10 unspecified atom stereocenters. The first-order chi connectivity index (χ1) is 26.9. The highest BCUT2D eigenvalue weighted by molar-refractivity contribution is 6.12. The van der Waals surface area contributed by atoms with Gasteiger partial charge in [0.1, 0.15) is 11.7 Å². The van der Waals surface area contributed by atoms with Crippen molar-refractivity contribution in [2.24, 2.45) is 45.0 Å². The molecule has 3 aliphatic heterocycles. The van der Waals surface area contributed by atoms with Crippen LogP contribution in [0.5, 0.6) is 0 Å². The molecule has 55 heavy (non-hydrogen) atoms. The van der Waals surface area contributed by atoms with Crippen molar-refractivity contribution in [2.45, 2.75) is 77.2 Å². The highest BCUT2D eigenvalue weighted by atomic mass is 15.3. The van der Waals surface area contributed by atoms with Crippen LogP contribution in [0.25, 0.3) is 0 Å². The molecule has 1 N–H and O–H groups in total. The van der Waals surface area contributed by atoms with Crippen molar-refractivity contribution in [1.82, 2.24) is 5.32 Å².